The number of carbonyl (C=O) groups is 1. The van der Waals surface area contributed by atoms with Gasteiger partial charge in [0, 0.05) is 23.7 Å². The van der Waals surface area contributed by atoms with Crippen LogP contribution in [0.2, 0.25) is 0 Å². The third-order valence-corrected chi connectivity index (χ3v) is 3.44. The summed E-state index contributed by atoms with van der Waals surface area (Å²) in [5.41, 5.74) is 3.87. The van der Waals surface area contributed by atoms with Crippen LogP contribution in [-0.4, -0.2) is 10.8 Å². The van der Waals surface area contributed by atoms with Crippen LogP contribution in [0.4, 0.5) is 0 Å². The van der Waals surface area contributed by atoms with Crippen molar-refractivity contribution in [1.29, 1.82) is 0 Å². The molecule has 3 nitrogen and oxygen atoms in total. The molecule has 0 unspecified atom stereocenters. The Labute approximate surface area is 112 Å². The van der Waals surface area contributed by atoms with Crippen molar-refractivity contribution in [2.75, 3.05) is 0 Å². The molecule has 0 amide bonds. The standard InChI is InChI=1S/C16H15NO2/c1-11-13-7-8-15(18)14(13)9-16(17-11)19-10-12-5-3-2-4-6-12/h2-6,9H,7-8,10H2,1H3. The Balaban J connectivity index is 1.81. The lowest BCUT2D eigenvalue weighted by Gasteiger charge is -2.09. The van der Waals surface area contributed by atoms with E-state index in [2.05, 4.69) is 4.98 Å². The summed E-state index contributed by atoms with van der Waals surface area (Å²) in [6.45, 7) is 2.41. The highest BCUT2D eigenvalue weighted by Crippen LogP contribution is 2.27. The lowest BCUT2D eigenvalue weighted by atomic mass is 10.1. The number of benzene rings is 1. The number of ether oxygens (including phenoxy) is 1. The van der Waals surface area contributed by atoms with E-state index < -0.39 is 0 Å². The molecule has 0 saturated carbocycles. The maximum atomic E-state index is 11.8. The van der Waals surface area contributed by atoms with Gasteiger partial charge < -0.3 is 4.74 Å². The topological polar surface area (TPSA) is 39.2 Å². The average Bonchev–Trinajstić information content (AvgIpc) is 2.80. The van der Waals surface area contributed by atoms with Crippen LogP contribution in [0.1, 0.15) is 33.6 Å². The van der Waals surface area contributed by atoms with E-state index in [-0.39, 0.29) is 5.78 Å². The molecule has 0 N–H and O–H groups in total. The van der Waals surface area contributed by atoms with Crippen molar-refractivity contribution >= 4 is 5.78 Å². The van der Waals surface area contributed by atoms with Crippen molar-refractivity contribution in [3.63, 3.8) is 0 Å². The Hall–Kier alpha value is -2.16. The molecule has 3 rings (SSSR count). The van der Waals surface area contributed by atoms with Gasteiger partial charge in [0.1, 0.15) is 6.61 Å². The molecular formula is C16H15NO2. The van der Waals surface area contributed by atoms with Crippen molar-refractivity contribution in [3.05, 3.63) is 58.8 Å². The van der Waals surface area contributed by atoms with Crippen molar-refractivity contribution in [2.24, 2.45) is 0 Å². The summed E-state index contributed by atoms with van der Waals surface area (Å²) in [6.07, 6.45) is 1.41. The predicted molar refractivity (Wildman–Crippen MR) is 72.4 cm³/mol. The summed E-state index contributed by atoms with van der Waals surface area (Å²) in [5, 5.41) is 0. The van der Waals surface area contributed by atoms with Gasteiger partial charge in [0.2, 0.25) is 5.88 Å². The third-order valence-electron chi connectivity index (χ3n) is 3.44. The van der Waals surface area contributed by atoms with Crippen LogP contribution in [-0.2, 0) is 13.0 Å². The zero-order chi connectivity index (χ0) is 13.2. The normalized spacial score (nSPS) is 13.4. The molecule has 96 valence electrons. The Kier molecular flexibility index (Phi) is 3.03. The molecule has 3 heteroatoms. The number of aryl methyl sites for hydroxylation is 1. The summed E-state index contributed by atoms with van der Waals surface area (Å²) in [7, 11) is 0. The molecule has 0 fully saturated rings. The summed E-state index contributed by atoms with van der Waals surface area (Å²) in [5.74, 6) is 0.736. The van der Waals surface area contributed by atoms with Crippen LogP contribution >= 0.6 is 0 Å². The van der Waals surface area contributed by atoms with Gasteiger partial charge in [0.05, 0.1) is 0 Å². The Morgan fingerprint density at radius 2 is 2.00 bits per heavy atom. The minimum absolute atomic E-state index is 0.199. The van der Waals surface area contributed by atoms with Gasteiger partial charge in [-0.15, -0.1) is 0 Å². The minimum atomic E-state index is 0.199. The van der Waals surface area contributed by atoms with Crippen molar-refractivity contribution in [1.82, 2.24) is 4.98 Å². The first-order valence-electron chi connectivity index (χ1n) is 6.44. The number of carbonyl (C=O) groups excluding carboxylic acids is 1. The molecule has 0 radical (unpaired) electrons. The van der Waals surface area contributed by atoms with E-state index in [1.54, 1.807) is 6.07 Å². The number of nitrogens with zero attached hydrogens (tertiary/aromatic N) is 1. The van der Waals surface area contributed by atoms with E-state index in [4.69, 9.17) is 4.74 Å². The third kappa shape index (κ3) is 2.36. The molecule has 0 spiro atoms. The van der Waals surface area contributed by atoms with Gasteiger partial charge in [-0.1, -0.05) is 30.3 Å². The quantitative estimate of drug-likeness (QED) is 0.843. The molecule has 1 aliphatic rings. The number of hydrogen-bond acceptors (Lipinski definition) is 3. The van der Waals surface area contributed by atoms with E-state index >= 15 is 0 Å². The van der Waals surface area contributed by atoms with E-state index in [1.165, 1.54) is 0 Å². The highest BCUT2D eigenvalue weighted by Gasteiger charge is 2.23. The molecule has 0 saturated heterocycles. The first-order valence-corrected chi connectivity index (χ1v) is 6.44. The highest BCUT2D eigenvalue weighted by molar-refractivity contribution is 6.00. The summed E-state index contributed by atoms with van der Waals surface area (Å²) in [4.78, 5) is 16.2. The van der Waals surface area contributed by atoms with E-state index in [9.17, 15) is 4.79 Å². The number of rotatable bonds is 3. The van der Waals surface area contributed by atoms with Gasteiger partial charge in [0.25, 0.3) is 0 Å². The Morgan fingerprint density at radius 3 is 2.79 bits per heavy atom. The van der Waals surface area contributed by atoms with E-state index in [1.807, 2.05) is 37.3 Å². The summed E-state index contributed by atoms with van der Waals surface area (Å²) in [6, 6.07) is 11.7. The number of ketones is 1. The van der Waals surface area contributed by atoms with Crippen LogP contribution in [0.5, 0.6) is 5.88 Å². The average molecular weight is 253 g/mol. The van der Waals surface area contributed by atoms with E-state index in [0.29, 0.717) is 18.9 Å². The van der Waals surface area contributed by atoms with Crippen LogP contribution in [0, 0.1) is 6.92 Å². The largest absolute Gasteiger partial charge is 0.473 e. The second kappa shape index (κ2) is 4.84. The number of aromatic nitrogens is 1. The maximum Gasteiger partial charge on any atom is 0.214 e. The molecule has 0 atom stereocenters. The molecule has 1 heterocycles. The number of pyridine rings is 1. The van der Waals surface area contributed by atoms with Crippen LogP contribution < -0.4 is 4.74 Å². The summed E-state index contributed by atoms with van der Waals surface area (Å²) >= 11 is 0. The highest BCUT2D eigenvalue weighted by atomic mass is 16.5. The molecule has 19 heavy (non-hydrogen) atoms. The second-order valence-corrected chi connectivity index (χ2v) is 4.77. The fraction of sp³-hybridized carbons (Fsp3) is 0.250. The molecular weight excluding hydrogens is 238 g/mol. The predicted octanol–water partition coefficient (Wildman–Crippen LogP) is 3.10. The van der Waals surface area contributed by atoms with Crippen LogP contribution in [0.25, 0.3) is 0 Å². The molecule has 2 aromatic rings. The summed E-state index contributed by atoms with van der Waals surface area (Å²) < 4.78 is 5.68. The first-order chi connectivity index (χ1) is 9.24. The van der Waals surface area contributed by atoms with Crippen molar-refractivity contribution < 1.29 is 9.53 Å². The van der Waals surface area contributed by atoms with Gasteiger partial charge in [-0.2, -0.15) is 0 Å². The van der Waals surface area contributed by atoms with Gasteiger partial charge in [-0.05, 0) is 24.5 Å². The molecule has 1 aromatic heterocycles. The lowest BCUT2D eigenvalue weighted by Crippen LogP contribution is -2.02. The van der Waals surface area contributed by atoms with Gasteiger partial charge in [-0.3, -0.25) is 4.79 Å². The second-order valence-electron chi connectivity index (χ2n) is 4.77. The zero-order valence-corrected chi connectivity index (χ0v) is 10.8. The molecule has 1 aromatic carbocycles. The zero-order valence-electron chi connectivity index (χ0n) is 10.8. The van der Waals surface area contributed by atoms with Gasteiger partial charge in [-0.25, -0.2) is 4.98 Å². The van der Waals surface area contributed by atoms with Gasteiger partial charge in [0.15, 0.2) is 5.78 Å². The lowest BCUT2D eigenvalue weighted by molar-refractivity contribution is 0.0994. The Morgan fingerprint density at radius 1 is 1.21 bits per heavy atom. The van der Waals surface area contributed by atoms with Crippen molar-refractivity contribution in [3.8, 4) is 5.88 Å². The number of hydrogen-bond donors (Lipinski definition) is 0. The molecule has 1 aliphatic carbocycles. The molecule has 0 aliphatic heterocycles. The number of Topliss-reactive ketones (excluding diaryl/α,β-unsaturated/α-hetero) is 1. The smallest absolute Gasteiger partial charge is 0.214 e. The minimum Gasteiger partial charge on any atom is -0.473 e. The monoisotopic (exact) mass is 253 g/mol. The first kappa shape index (κ1) is 11.9. The fourth-order valence-electron chi connectivity index (χ4n) is 2.41. The maximum absolute atomic E-state index is 11.8. The fourth-order valence-corrected chi connectivity index (χ4v) is 2.41. The Bertz CT molecular complexity index is 620. The SMILES string of the molecule is Cc1nc(OCc2ccccc2)cc2c1CCC2=O. The van der Waals surface area contributed by atoms with E-state index in [0.717, 1.165) is 28.8 Å². The van der Waals surface area contributed by atoms with Crippen molar-refractivity contribution in [2.45, 2.75) is 26.4 Å². The van der Waals surface area contributed by atoms with Gasteiger partial charge >= 0.3 is 0 Å². The molecule has 0 bridgehead atoms. The van der Waals surface area contributed by atoms with Crippen LogP contribution in [0.3, 0.4) is 0 Å². The van der Waals surface area contributed by atoms with Crippen LogP contribution in [0.15, 0.2) is 36.4 Å². The number of fused-ring (bicyclic) bond motifs is 1.